The number of hydrogen-bond donors (Lipinski definition) is 2. The van der Waals surface area contributed by atoms with E-state index in [4.69, 9.17) is 14.9 Å². The SMILES string of the molecule is O=C(O)[C@@H]1CCOCC[C@@H]1CO. The Morgan fingerprint density at radius 2 is 2.08 bits per heavy atom. The van der Waals surface area contributed by atoms with E-state index in [0.29, 0.717) is 26.1 Å². The topological polar surface area (TPSA) is 66.8 Å². The Morgan fingerprint density at radius 1 is 1.42 bits per heavy atom. The van der Waals surface area contributed by atoms with Gasteiger partial charge in [0, 0.05) is 19.8 Å². The Morgan fingerprint density at radius 3 is 2.67 bits per heavy atom. The average Bonchev–Trinajstić information content (AvgIpc) is 2.27. The second-order valence-corrected chi connectivity index (χ2v) is 3.08. The molecule has 0 unspecified atom stereocenters. The third-order valence-electron chi connectivity index (χ3n) is 2.33. The first-order valence-corrected chi connectivity index (χ1v) is 4.17. The van der Waals surface area contributed by atoms with Crippen LogP contribution in [-0.4, -0.2) is 36.0 Å². The molecule has 0 aromatic rings. The summed E-state index contributed by atoms with van der Waals surface area (Å²) in [4.78, 5) is 10.7. The lowest BCUT2D eigenvalue weighted by molar-refractivity contribution is -0.144. The van der Waals surface area contributed by atoms with E-state index < -0.39 is 11.9 Å². The number of hydrogen-bond acceptors (Lipinski definition) is 3. The van der Waals surface area contributed by atoms with E-state index in [1.807, 2.05) is 0 Å². The minimum Gasteiger partial charge on any atom is -0.481 e. The van der Waals surface area contributed by atoms with Gasteiger partial charge in [-0.1, -0.05) is 0 Å². The van der Waals surface area contributed by atoms with Gasteiger partial charge in [0.05, 0.1) is 5.92 Å². The molecule has 0 amide bonds. The number of aliphatic carboxylic acids is 1. The van der Waals surface area contributed by atoms with Crippen molar-refractivity contribution in [1.29, 1.82) is 0 Å². The maximum absolute atomic E-state index is 10.7. The molecule has 0 aliphatic carbocycles. The minimum absolute atomic E-state index is 0.0552. The van der Waals surface area contributed by atoms with Crippen LogP contribution < -0.4 is 0 Å². The van der Waals surface area contributed by atoms with Crippen LogP contribution in [0.15, 0.2) is 0 Å². The second-order valence-electron chi connectivity index (χ2n) is 3.08. The number of ether oxygens (including phenoxy) is 1. The summed E-state index contributed by atoms with van der Waals surface area (Å²) in [7, 11) is 0. The summed E-state index contributed by atoms with van der Waals surface area (Å²) in [5.41, 5.74) is 0. The lowest BCUT2D eigenvalue weighted by Gasteiger charge is -2.17. The van der Waals surface area contributed by atoms with Gasteiger partial charge in [-0.2, -0.15) is 0 Å². The molecule has 4 nitrogen and oxygen atoms in total. The highest BCUT2D eigenvalue weighted by Gasteiger charge is 2.28. The van der Waals surface area contributed by atoms with Crippen molar-refractivity contribution in [2.75, 3.05) is 19.8 Å². The molecule has 1 fully saturated rings. The van der Waals surface area contributed by atoms with Crippen molar-refractivity contribution in [2.45, 2.75) is 12.8 Å². The molecule has 0 spiro atoms. The van der Waals surface area contributed by atoms with Crippen molar-refractivity contribution >= 4 is 5.97 Å². The predicted molar refractivity (Wildman–Crippen MR) is 41.8 cm³/mol. The van der Waals surface area contributed by atoms with Crippen molar-refractivity contribution in [3.05, 3.63) is 0 Å². The first-order valence-electron chi connectivity index (χ1n) is 4.17. The molecule has 4 heteroatoms. The molecule has 0 radical (unpaired) electrons. The van der Waals surface area contributed by atoms with E-state index in [1.165, 1.54) is 0 Å². The Labute approximate surface area is 71.2 Å². The van der Waals surface area contributed by atoms with Crippen LogP contribution in [0.4, 0.5) is 0 Å². The summed E-state index contributed by atoms with van der Waals surface area (Å²) in [6, 6.07) is 0. The van der Waals surface area contributed by atoms with Crippen LogP contribution in [-0.2, 0) is 9.53 Å². The van der Waals surface area contributed by atoms with Gasteiger partial charge in [-0.05, 0) is 18.8 Å². The minimum atomic E-state index is -0.820. The van der Waals surface area contributed by atoms with E-state index in [1.54, 1.807) is 0 Å². The van der Waals surface area contributed by atoms with Crippen molar-refractivity contribution in [2.24, 2.45) is 11.8 Å². The smallest absolute Gasteiger partial charge is 0.306 e. The summed E-state index contributed by atoms with van der Waals surface area (Å²) >= 11 is 0. The van der Waals surface area contributed by atoms with Gasteiger partial charge in [0.2, 0.25) is 0 Å². The highest BCUT2D eigenvalue weighted by Crippen LogP contribution is 2.22. The van der Waals surface area contributed by atoms with E-state index >= 15 is 0 Å². The molecule has 1 saturated heterocycles. The summed E-state index contributed by atoms with van der Waals surface area (Å²) in [6.07, 6.45) is 1.16. The number of carboxylic acid groups (broad SMARTS) is 1. The fraction of sp³-hybridized carbons (Fsp3) is 0.875. The van der Waals surface area contributed by atoms with Gasteiger partial charge in [0.15, 0.2) is 0 Å². The van der Waals surface area contributed by atoms with Gasteiger partial charge in [0.25, 0.3) is 0 Å². The molecule has 1 rings (SSSR count). The van der Waals surface area contributed by atoms with Crippen molar-refractivity contribution < 1.29 is 19.7 Å². The molecule has 2 N–H and O–H groups in total. The normalized spacial score (nSPS) is 31.1. The van der Waals surface area contributed by atoms with E-state index in [9.17, 15) is 4.79 Å². The molecule has 0 aromatic carbocycles. The average molecular weight is 174 g/mol. The quantitative estimate of drug-likeness (QED) is 0.623. The molecule has 0 bridgehead atoms. The standard InChI is InChI=1S/C8H14O4/c9-5-6-1-3-12-4-2-7(6)8(10)11/h6-7,9H,1-5H2,(H,10,11)/t6-,7-/m1/s1. The van der Waals surface area contributed by atoms with Crippen LogP contribution in [0.2, 0.25) is 0 Å². The van der Waals surface area contributed by atoms with Gasteiger partial charge >= 0.3 is 5.97 Å². The number of rotatable bonds is 2. The molecule has 70 valence electrons. The third kappa shape index (κ3) is 2.19. The largest absolute Gasteiger partial charge is 0.481 e. The van der Waals surface area contributed by atoms with Crippen LogP contribution in [0.3, 0.4) is 0 Å². The molecular formula is C8H14O4. The first-order chi connectivity index (χ1) is 5.75. The summed E-state index contributed by atoms with van der Waals surface area (Å²) in [5.74, 6) is -1.39. The van der Waals surface area contributed by atoms with Crippen LogP contribution >= 0.6 is 0 Å². The van der Waals surface area contributed by atoms with Crippen molar-refractivity contribution in [3.8, 4) is 0 Å². The maximum Gasteiger partial charge on any atom is 0.306 e. The molecule has 0 aromatic heterocycles. The molecule has 2 atom stereocenters. The zero-order valence-electron chi connectivity index (χ0n) is 6.90. The van der Waals surface area contributed by atoms with Crippen LogP contribution in [0, 0.1) is 11.8 Å². The fourth-order valence-corrected chi connectivity index (χ4v) is 1.53. The molecule has 1 heterocycles. The maximum atomic E-state index is 10.7. The van der Waals surface area contributed by atoms with Crippen LogP contribution in [0.1, 0.15) is 12.8 Å². The summed E-state index contributed by atoms with van der Waals surface area (Å²) in [6.45, 7) is 1.00. The van der Waals surface area contributed by atoms with Crippen molar-refractivity contribution in [1.82, 2.24) is 0 Å². The third-order valence-corrected chi connectivity index (χ3v) is 2.33. The van der Waals surface area contributed by atoms with E-state index in [0.717, 1.165) is 0 Å². The van der Waals surface area contributed by atoms with Gasteiger partial charge in [-0.15, -0.1) is 0 Å². The van der Waals surface area contributed by atoms with E-state index in [-0.39, 0.29) is 12.5 Å². The van der Waals surface area contributed by atoms with Crippen molar-refractivity contribution in [3.63, 3.8) is 0 Å². The number of carbonyl (C=O) groups is 1. The molecule has 0 saturated carbocycles. The van der Waals surface area contributed by atoms with Gasteiger partial charge < -0.3 is 14.9 Å². The zero-order valence-corrected chi connectivity index (χ0v) is 6.90. The Balaban J connectivity index is 2.57. The Kier molecular flexibility index (Phi) is 3.49. The van der Waals surface area contributed by atoms with E-state index in [2.05, 4.69) is 0 Å². The molecular weight excluding hydrogens is 160 g/mol. The molecule has 12 heavy (non-hydrogen) atoms. The highest BCUT2D eigenvalue weighted by molar-refractivity contribution is 5.70. The van der Waals surface area contributed by atoms with Gasteiger partial charge in [-0.3, -0.25) is 4.79 Å². The Hall–Kier alpha value is -0.610. The molecule has 1 aliphatic rings. The predicted octanol–water partition coefficient (Wildman–Crippen LogP) is 0.106. The summed E-state index contributed by atoms with van der Waals surface area (Å²) in [5, 5.41) is 17.7. The summed E-state index contributed by atoms with van der Waals surface area (Å²) < 4.78 is 5.13. The lowest BCUT2D eigenvalue weighted by Crippen LogP contribution is -2.25. The lowest BCUT2D eigenvalue weighted by atomic mass is 9.89. The van der Waals surface area contributed by atoms with Gasteiger partial charge in [0.1, 0.15) is 0 Å². The number of aliphatic hydroxyl groups excluding tert-OH is 1. The molecule has 1 aliphatic heterocycles. The number of carboxylic acids is 1. The second kappa shape index (κ2) is 4.42. The first kappa shape index (κ1) is 9.48. The number of aliphatic hydroxyl groups is 1. The monoisotopic (exact) mass is 174 g/mol. The van der Waals surface area contributed by atoms with Crippen LogP contribution in [0.25, 0.3) is 0 Å². The zero-order chi connectivity index (χ0) is 8.97. The van der Waals surface area contributed by atoms with Gasteiger partial charge in [-0.25, -0.2) is 0 Å². The Bertz CT molecular complexity index is 157. The highest BCUT2D eigenvalue weighted by atomic mass is 16.5. The fourth-order valence-electron chi connectivity index (χ4n) is 1.53. The van der Waals surface area contributed by atoms with Crippen LogP contribution in [0.5, 0.6) is 0 Å².